The molecule has 148 valence electrons. The van der Waals surface area contributed by atoms with E-state index in [-0.39, 0.29) is 17.4 Å². The van der Waals surface area contributed by atoms with Crippen molar-refractivity contribution in [3.8, 4) is 17.2 Å². The SMILES string of the molecule is Cc1cscc1-c1cc(C2CCN(C)CC2)ccc1NC(=O)c1ccc(C#N)o1. The number of hydrogen-bond acceptors (Lipinski definition) is 5. The van der Waals surface area contributed by atoms with Crippen molar-refractivity contribution in [3.63, 3.8) is 0 Å². The summed E-state index contributed by atoms with van der Waals surface area (Å²) in [6.07, 6.45) is 2.29. The first kappa shape index (κ1) is 19.4. The summed E-state index contributed by atoms with van der Waals surface area (Å²) < 4.78 is 5.27. The van der Waals surface area contributed by atoms with Crippen molar-refractivity contribution < 1.29 is 9.21 Å². The Morgan fingerprint density at radius 1 is 1.21 bits per heavy atom. The Balaban J connectivity index is 1.66. The second-order valence-corrected chi connectivity index (χ2v) is 8.32. The van der Waals surface area contributed by atoms with E-state index in [9.17, 15) is 4.79 Å². The summed E-state index contributed by atoms with van der Waals surface area (Å²) in [5.74, 6) is 0.445. The van der Waals surface area contributed by atoms with Crippen LogP contribution < -0.4 is 5.32 Å². The van der Waals surface area contributed by atoms with Gasteiger partial charge in [0.15, 0.2) is 5.76 Å². The van der Waals surface area contributed by atoms with Crippen LogP contribution in [0, 0.1) is 18.3 Å². The number of anilines is 1. The average molecular weight is 406 g/mol. The number of nitrogens with zero attached hydrogens (tertiary/aromatic N) is 2. The number of amides is 1. The van der Waals surface area contributed by atoms with Crippen LogP contribution >= 0.6 is 11.3 Å². The number of nitrogens with one attached hydrogen (secondary N) is 1. The fourth-order valence-corrected chi connectivity index (χ4v) is 4.68. The minimum Gasteiger partial charge on any atom is -0.440 e. The van der Waals surface area contributed by atoms with Crippen molar-refractivity contribution in [3.05, 3.63) is 63.7 Å². The van der Waals surface area contributed by atoms with E-state index in [0.29, 0.717) is 5.92 Å². The van der Waals surface area contributed by atoms with Crippen LogP contribution in [0.3, 0.4) is 0 Å². The average Bonchev–Trinajstić information content (AvgIpc) is 3.38. The molecule has 1 saturated heterocycles. The van der Waals surface area contributed by atoms with Gasteiger partial charge in [-0.05, 0) is 97.5 Å². The highest BCUT2D eigenvalue weighted by Gasteiger charge is 2.21. The minimum absolute atomic E-state index is 0.127. The molecule has 2 aromatic heterocycles. The molecular weight excluding hydrogens is 382 g/mol. The molecule has 1 N–H and O–H groups in total. The van der Waals surface area contributed by atoms with Crippen LogP contribution in [0.1, 0.15) is 46.2 Å². The van der Waals surface area contributed by atoms with Crippen molar-refractivity contribution in [1.82, 2.24) is 4.90 Å². The third-order valence-electron chi connectivity index (χ3n) is 5.57. The molecule has 0 unspecified atom stereocenters. The number of thiophene rings is 1. The Hall–Kier alpha value is -2.88. The van der Waals surface area contributed by atoms with Gasteiger partial charge in [0.1, 0.15) is 6.07 Å². The Morgan fingerprint density at radius 2 is 2.00 bits per heavy atom. The number of rotatable bonds is 4. The van der Waals surface area contributed by atoms with Crippen molar-refractivity contribution in [1.29, 1.82) is 5.26 Å². The molecule has 0 aliphatic carbocycles. The second kappa shape index (κ2) is 8.24. The molecule has 0 saturated carbocycles. The molecule has 0 radical (unpaired) electrons. The highest BCUT2D eigenvalue weighted by Crippen LogP contribution is 2.37. The van der Waals surface area contributed by atoms with E-state index < -0.39 is 0 Å². The summed E-state index contributed by atoms with van der Waals surface area (Å²) >= 11 is 1.66. The summed E-state index contributed by atoms with van der Waals surface area (Å²) in [7, 11) is 2.17. The summed E-state index contributed by atoms with van der Waals surface area (Å²) in [6, 6.07) is 11.3. The number of piperidine rings is 1. The van der Waals surface area contributed by atoms with Crippen LogP contribution in [-0.2, 0) is 0 Å². The van der Waals surface area contributed by atoms with Gasteiger partial charge in [0, 0.05) is 11.3 Å². The molecule has 1 aliphatic rings. The molecule has 29 heavy (non-hydrogen) atoms. The van der Waals surface area contributed by atoms with Crippen molar-refractivity contribution in [2.24, 2.45) is 0 Å². The largest absolute Gasteiger partial charge is 0.440 e. The zero-order valence-corrected chi connectivity index (χ0v) is 17.4. The van der Waals surface area contributed by atoms with Crippen molar-refractivity contribution >= 4 is 22.9 Å². The first-order valence-electron chi connectivity index (χ1n) is 9.72. The minimum atomic E-state index is -0.354. The maximum absolute atomic E-state index is 12.7. The lowest BCUT2D eigenvalue weighted by atomic mass is 9.87. The van der Waals surface area contributed by atoms with Gasteiger partial charge in [-0.1, -0.05) is 6.07 Å². The standard InChI is InChI=1S/C23H23N3O2S/c1-15-13-29-14-20(15)19-11-17(16-7-9-26(2)10-8-16)3-5-21(19)25-23(27)22-6-4-18(12-24)28-22/h3-6,11,13-14,16H,7-10H2,1-2H3,(H,25,27). The van der Waals surface area contributed by atoms with Gasteiger partial charge < -0.3 is 14.6 Å². The summed E-state index contributed by atoms with van der Waals surface area (Å²) in [5, 5.41) is 16.1. The fraction of sp³-hybridized carbons (Fsp3) is 0.304. The molecule has 3 heterocycles. The molecule has 0 spiro atoms. The van der Waals surface area contributed by atoms with Crippen LogP contribution in [0.2, 0.25) is 0 Å². The highest BCUT2D eigenvalue weighted by molar-refractivity contribution is 7.08. The maximum atomic E-state index is 12.7. The molecule has 4 rings (SSSR count). The molecule has 5 nitrogen and oxygen atoms in total. The Labute approximate surface area is 174 Å². The zero-order valence-electron chi connectivity index (χ0n) is 16.6. The van der Waals surface area contributed by atoms with E-state index in [0.717, 1.165) is 42.7 Å². The molecule has 1 aromatic carbocycles. The van der Waals surface area contributed by atoms with E-state index in [1.54, 1.807) is 11.3 Å². The van der Waals surface area contributed by atoms with E-state index in [2.05, 4.69) is 47.1 Å². The van der Waals surface area contributed by atoms with Crippen LogP contribution in [0.5, 0.6) is 0 Å². The molecule has 0 bridgehead atoms. The number of carbonyl (C=O) groups is 1. The molecule has 3 aromatic rings. The molecular formula is C23H23N3O2S. The maximum Gasteiger partial charge on any atom is 0.291 e. The monoisotopic (exact) mass is 405 g/mol. The van der Waals surface area contributed by atoms with E-state index in [1.807, 2.05) is 12.1 Å². The number of likely N-dealkylation sites (tertiary alicyclic amines) is 1. The van der Waals surface area contributed by atoms with Gasteiger partial charge in [-0.25, -0.2) is 0 Å². The first-order chi connectivity index (χ1) is 14.0. The van der Waals surface area contributed by atoms with Crippen LogP contribution in [0.4, 0.5) is 5.69 Å². The Kier molecular flexibility index (Phi) is 5.52. The van der Waals surface area contributed by atoms with Gasteiger partial charge in [-0.2, -0.15) is 16.6 Å². The molecule has 0 atom stereocenters. The summed E-state index contributed by atoms with van der Waals surface area (Å²) in [4.78, 5) is 15.0. The lowest BCUT2D eigenvalue weighted by Gasteiger charge is -2.29. The number of carbonyl (C=O) groups excluding carboxylic acids is 1. The van der Waals surface area contributed by atoms with Crippen LogP contribution in [-0.4, -0.2) is 30.9 Å². The van der Waals surface area contributed by atoms with E-state index >= 15 is 0 Å². The number of aryl methyl sites for hydroxylation is 1. The van der Waals surface area contributed by atoms with Gasteiger partial charge in [0.25, 0.3) is 5.91 Å². The molecule has 1 amide bonds. The number of furan rings is 1. The highest BCUT2D eigenvalue weighted by atomic mass is 32.1. The molecule has 1 fully saturated rings. The van der Waals surface area contributed by atoms with Gasteiger partial charge in [-0.3, -0.25) is 4.79 Å². The van der Waals surface area contributed by atoms with Crippen LogP contribution in [0.25, 0.3) is 11.1 Å². The number of hydrogen-bond donors (Lipinski definition) is 1. The number of nitriles is 1. The predicted molar refractivity (Wildman–Crippen MR) is 115 cm³/mol. The third kappa shape index (κ3) is 4.12. The lowest BCUT2D eigenvalue weighted by Crippen LogP contribution is -2.29. The van der Waals surface area contributed by atoms with Gasteiger partial charge in [-0.15, -0.1) is 0 Å². The third-order valence-corrected chi connectivity index (χ3v) is 6.43. The molecule has 6 heteroatoms. The first-order valence-corrected chi connectivity index (χ1v) is 10.7. The summed E-state index contributed by atoms with van der Waals surface area (Å²) in [6.45, 7) is 4.30. The summed E-state index contributed by atoms with van der Waals surface area (Å²) in [5.41, 5.74) is 5.43. The van der Waals surface area contributed by atoms with E-state index in [4.69, 9.17) is 9.68 Å². The van der Waals surface area contributed by atoms with Gasteiger partial charge >= 0.3 is 0 Å². The predicted octanol–water partition coefficient (Wildman–Crippen LogP) is 5.25. The van der Waals surface area contributed by atoms with Crippen molar-refractivity contribution in [2.75, 3.05) is 25.5 Å². The normalized spacial score (nSPS) is 15.2. The fourth-order valence-electron chi connectivity index (χ4n) is 3.83. The smallest absolute Gasteiger partial charge is 0.291 e. The topological polar surface area (TPSA) is 69.3 Å². The van der Waals surface area contributed by atoms with Crippen LogP contribution in [0.15, 0.2) is 45.5 Å². The van der Waals surface area contributed by atoms with Gasteiger partial charge in [0.05, 0.1) is 0 Å². The lowest BCUT2D eigenvalue weighted by molar-refractivity contribution is 0.0996. The number of benzene rings is 1. The second-order valence-electron chi connectivity index (χ2n) is 7.58. The molecule has 1 aliphatic heterocycles. The quantitative estimate of drug-likeness (QED) is 0.644. The van der Waals surface area contributed by atoms with E-state index in [1.165, 1.54) is 23.3 Å². The Morgan fingerprint density at radius 3 is 2.66 bits per heavy atom. The van der Waals surface area contributed by atoms with Gasteiger partial charge in [0.2, 0.25) is 5.76 Å². The zero-order chi connectivity index (χ0) is 20.4. The van der Waals surface area contributed by atoms with Crippen molar-refractivity contribution in [2.45, 2.75) is 25.7 Å². The Bertz CT molecular complexity index is 1070.